The summed E-state index contributed by atoms with van der Waals surface area (Å²) in [7, 11) is -0.517. The van der Waals surface area contributed by atoms with Crippen molar-refractivity contribution in [2.75, 3.05) is 13.9 Å². The second kappa shape index (κ2) is 11.4. The van der Waals surface area contributed by atoms with Crippen LogP contribution >= 0.6 is 0 Å². The molecule has 1 fully saturated rings. The molecule has 1 aliphatic rings. The minimum absolute atomic E-state index is 0.0172. The molecule has 40 heavy (non-hydrogen) atoms. The van der Waals surface area contributed by atoms with E-state index in [1.54, 1.807) is 7.11 Å². The van der Waals surface area contributed by atoms with Crippen molar-refractivity contribution in [1.29, 1.82) is 0 Å². The molecule has 0 saturated carbocycles. The molecule has 3 heterocycles. The van der Waals surface area contributed by atoms with Crippen LogP contribution in [0.25, 0.3) is 22.4 Å². The zero-order valence-corrected chi connectivity index (χ0v) is 27.2. The molecule has 1 aromatic carbocycles. The van der Waals surface area contributed by atoms with Crippen LogP contribution in [-0.4, -0.2) is 58.5 Å². The van der Waals surface area contributed by atoms with Crippen LogP contribution in [0.2, 0.25) is 16.6 Å². The second-order valence-electron chi connectivity index (χ2n) is 13.6. The number of piperidine rings is 1. The van der Waals surface area contributed by atoms with Crippen molar-refractivity contribution in [1.82, 2.24) is 30.5 Å². The summed E-state index contributed by atoms with van der Waals surface area (Å²) < 4.78 is 20.1. The maximum Gasteiger partial charge on any atom is 0.258 e. The molecule has 1 saturated heterocycles. The molecule has 0 aliphatic carbocycles. The minimum atomic E-state index is -2.13. The lowest BCUT2D eigenvalue weighted by atomic mass is 9.80. The van der Waals surface area contributed by atoms with Gasteiger partial charge in [0.25, 0.3) is 8.32 Å². The highest BCUT2D eigenvalue weighted by molar-refractivity contribution is 6.78. The predicted octanol–water partition coefficient (Wildman–Crippen LogP) is 6.91. The lowest BCUT2D eigenvalue weighted by Crippen LogP contribution is -2.58. The molecular weight excluding hydrogens is 520 g/mol. The third-order valence-corrected chi connectivity index (χ3v) is 14.3. The summed E-state index contributed by atoms with van der Waals surface area (Å²) in [5.41, 5.74) is 4.23. The van der Waals surface area contributed by atoms with Gasteiger partial charge in [-0.25, -0.2) is 4.68 Å². The molecule has 0 spiro atoms. The van der Waals surface area contributed by atoms with Crippen LogP contribution < -0.4 is 14.5 Å². The van der Waals surface area contributed by atoms with Gasteiger partial charge in [-0.15, -0.1) is 15.3 Å². The minimum Gasteiger partial charge on any atom is -0.543 e. The van der Waals surface area contributed by atoms with E-state index in [0.717, 1.165) is 24.2 Å². The fourth-order valence-electron chi connectivity index (χ4n) is 7.15. The maximum atomic E-state index is 6.92. The van der Waals surface area contributed by atoms with Crippen molar-refractivity contribution in [3.8, 4) is 22.8 Å². The Morgan fingerprint density at radius 1 is 0.925 bits per heavy atom. The summed E-state index contributed by atoms with van der Waals surface area (Å²) in [4.78, 5) is 0. The van der Waals surface area contributed by atoms with Crippen molar-refractivity contribution >= 4 is 19.5 Å². The Hall–Kier alpha value is -2.56. The lowest BCUT2D eigenvalue weighted by Gasteiger charge is -2.46. The fourth-order valence-corrected chi connectivity index (χ4v) is 12.4. The van der Waals surface area contributed by atoms with Crippen LogP contribution in [0.5, 0.6) is 11.5 Å². The summed E-state index contributed by atoms with van der Waals surface area (Å²) in [5.74, 6) is 1.45. The molecule has 2 aromatic heterocycles. The number of nitrogens with one attached hydrogen (secondary N) is 1. The first kappa shape index (κ1) is 30.4. The number of hydrogen-bond donors (Lipinski definition) is 1. The first-order valence-electron chi connectivity index (χ1n) is 14.5. The number of rotatable bonds is 10. The second-order valence-corrected chi connectivity index (χ2v) is 18.9. The van der Waals surface area contributed by atoms with Gasteiger partial charge < -0.3 is 19.2 Å². The van der Waals surface area contributed by atoms with Gasteiger partial charge in [0, 0.05) is 29.8 Å². The van der Waals surface area contributed by atoms with Gasteiger partial charge in [0.15, 0.2) is 6.79 Å². The van der Waals surface area contributed by atoms with Gasteiger partial charge in [-0.1, -0.05) is 46.8 Å². The average Bonchev–Trinajstić information content (AvgIpc) is 3.27. The summed E-state index contributed by atoms with van der Waals surface area (Å²) in [6, 6.07) is 8.10. The standard InChI is InChI=1S/C30H48N6O3Si/c1-19(2)40(20(3)4,21(5)6)39-23-12-13-24(27(14-23)38-18-37-11)25-15-26-28(33-31-25)36(35-32-26)22-16-29(7,8)34-30(9,10)17-22/h12-15,19-22,34H,16-18H2,1-11H3. The normalized spacial score (nSPS) is 17.8. The molecule has 220 valence electrons. The Balaban J connectivity index is 1.70. The summed E-state index contributed by atoms with van der Waals surface area (Å²) >= 11 is 0. The molecule has 4 rings (SSSR count). The molecule has 0 amide bonds. The van der Waals surface area contributed by atoms with Crippen LogP contribution in [0.1, 0.15) is 88.1 Å². The van der Waals surface area contributed by atoms with E-state index >= 15 is 0 Å². The molecule has 3 aromatic rings. The Bertz CT molecular complexity index is 1280. The zero-order valence-electron chi connectivity index (χ0n) is 26.2. The van der Waals surface area contributed by atoms with Crippen molar-refractivity contribution in [3.05, 3.63) is 24.3 Å². The molecule has 1 aliphatic heterocycles. The Kier molecular flexibility index (Phi) is 8.64. The third-order valence-electron chi connectivity index (χ3n) is 8.30. The van der Waals surface area contributed by atoms with Crippen molar-refractivity contribution < 1.29 is 13.9 Å². The number of benzene rings is 1. The van der Waals surface area contributed by atoms with Crippen LogP contribution in [0.3, 0.4) is 0 Å². The van der Waals surface area contributed by atoms with Gasteiger partial charge in [-0.05, 0) is 75.4 Å². The lowest BCUT2D eigenvalue weighted by molar-refractivity contribution is 0.0514. The zero-order chi connectivity index (χ0) is 29.5. The monoisotopic (exact) mass is 568 g/mol. The number of methoxy groups -OCH3 is 1. The molecule has 10 heteroatoms. The van der Waals surface area contributed by atoms with Gasteiger partial charge in [-0.2, -0.15) is 0 Å². The third kappa shape index (κ3) is 6.04. The summed E-state index contributed by atoms with van der Waals surface area (Å²) in [5, 5.41) is 22.0. The Morgan fingerprint density at radius 3 is 2.12 bits per heavy atom. The largest absolute Gasteiger partial charge is 0.543 e. The van der Waals surface area contributed by atoms with Gasteiger partial charge >= 0.3 is 0 Å². The van der Waals surface area contributed by atoms with E-state index in [1.165, 1.54) is 0 Å². The highest BCUT2D eigenvalue weighted by Gasteiger charge is 2.47. The van der Waals surface area contributed by atoms with E-state index in [-0.39, 0.29) is 23.9 Å². The Labute approximate surface area is 240 Å². The quantitative estimate of drug-likeness (QED) is 0.208. The van der Waals surface area contributed by atoms with Gasteiger partial charge in [-0.3, -0.25) is 0 Å². The van der Waals surface area contributed by atoms with E-state index in [0.29, 0.717) is 39.2 Å². The van der Waals surface area contributed by atoms with Gasteiger partial charge in [0.05, 0.1) is 11.7 Å². The molecule has 0 unspecified atom stereocenters. The highest BCUT2D eigenvalue weighted by Crippen LogP contribution is 2.44. The fraction of sp³-hybridized carbons (Fsp3) is 0.667. The molecule has 1 N–H and O–H groups in total. The maximum absolute atomic E-state index is 6.92. The topological polar surface area (TPSA) is 96.2 Å². The van der Waals surface area contributed by atoms with Crippen LogP contribution in [0, 0.1) is 0 Å². The van der Waals surface area contributed by atoms with Gasteiger partial charge in [0.2, 0.25) is 5.65 Å². The van der Waals surface area contributed by atoms with E-state index in [2.05, 4.69) is 95.1 Å². The van der Waals surface area contributed by atoms with Crippen molar-refractivity contribution in [2.24, 2.45) is 0 Å². The number of aromatic nitrogens is 5. The predicted molar refractivity (Wildman–Crippen MR) is 162 cm³/mol. The molecular formula is C30H48N6O3Si. The molecule has 0 bridgehead atoms. The van der Waals surface area contributed by atoms with Crippen LogP contribution in [0.4, 0.5) is 0 Å². The van der Waals surface area contributed by atoms with E-state index < -0.39 is 8.32 Å². The summed E-state index contributed by atoms with van der Waals surface area (Å²) in [6.07, 6.45) is 1.87. The smallest absolute Gasteiger partial charge is 0.258 e. The van der Waals surface area contributed by atoms with E-state index in [4.69, 9.17) is 13.9 Å². The molecule has 0 radical (unpaired) electrons. The first-order chi connectivity index (χ1) is 18.7. The van der Waals surface area contributed by atoms with E-state index in [1.807, 2.05) is 28.9 Å². The summed E-state index contributed by atoms with van der Waals surface area (Å²) in [6.45, 7) is 22.7. The van der Waals surface area contributed by atoms with Crippen LogP contribution in [-0.2, 0) is 4.74 Å². The average molecular weight is 569 g/mol. The van der Waals surface area contributed by atoms with Crippen LogP contribution in [0.15, 0.2) is 24.3 Å². The number of nitrogens with zero attached hydrogens (tertiary/aromatic N) is 5. The Morgan fingerprint density at radius 2 is 1.55 bits per heavy atom. The number of ether oxygens (including phenoxy) is 2. The first-order valence-corrected chi connectivity index (χ1v) is 16.7. The van der Waals surface area contributed by atoms with E-state index in [9.17, 15) is 0 Å². The number of fused-ring (bicyclic) bond motifs is 1. The van der Waals surface area contributed by atoms with Crippen molar-refractivity contribution in [3.63, 3.8) is 0 Å². The van der Waals surface area contributed by atoms with Crippen molar-refractivity contribution in [2.45, 2.75) is 116 Å². The molecule has 9 nitrogen and oxygen atoms in total. The SMILES string of the molecule is COCOc1cc(O[Si](C(C)C)(C(C)C)C(C)C)ccc1-c1cc2nnn(C3CC(C)(C)NC(C)(C)C3)c2nn1. The molecule has 0 atom stereocenters. The number of hydrogen-bond acceptors (Lipinski definition) is 8. The van der Waals surface area contributed by atoms with Gasteiger partial charge in [0.1, 0.15) is 17.0 Å². The highest BCUT2D eigenvalue weighted by atomic mass is 28.4.